The summed E-state index contributed by atoms with van der Waals surface area (Å²) < 4.78 is 32.7. The van der Waals surface area contributed by atoms with Gasteiger partial charge in [0, 0.05) is 19.1 Å². The summed E-state index contributed by atoms with van der Waals surface area (Å²) in [5.41, 5.74) is 0.738. The van der Waals surface area contributed by atoms with Crippen molar-refractivity contribution >= 4 is 39.1 Å². The number of sulfonamides is 1. The predicted octanol–water partition coefficient (Wildman–Crippen LogP) is 2.22. The van der Waals surface area contributed by atoms with Gasteiger partial charge in [0.1, 0.15) is 4.21 Å². The maximum absolute atomic E-state index is 12.3. The highest BCUT2D eigenvalue weighted by molar-refractivity contribution is 7.91. The van der Waals surface area contributed by atoms with Crippen LogP contribution in [0.2, 0.25) is 4.34 Å². The van der Waals surface area contributed by atoms with Crippen LogP contribution in [0.4, 0.5) is 4.79 Å². The normalized spacial score (nSPS) is 19.0. The highest BCUT2D eigenvalue weighted by atomic mass is 35.5. The number of halogens is 1. The minimum atomic E-state index is -3.60. The molecule has 0 bridgehead atoms. The molecule has 1 unspecified atom stereocenters. The van der Waals surface area contributed by atoms with E-state index in [0.29, 0.717) is 30.5 Å². The first-order valence-electron chi connectivity index (χ1n) is 6.53. The number of thiophene rings is 1. The van der Waals surface area contributed by atoms with Crippen molar-refractivity contribution in [3.05, 3.63) is 16.0 Å². The van der Waals surface area contributed by atoms with Gasteiger partial charge in [-0.3, -0.25) is 0 Å². The number of likely N-dealkylation sites (tertiary alicyclic amines) is 1. The van der Waals surface area contributed by atoms with E-state index in [-0.39, 0.29) is 10.3 Å². The van der Waals surface area contributed by atoms with Crippen LogP contribution < -0.4 is 4.72 Å². The topological polar surface area (TPSA) is 75.7 Å². The number of hydrogen-bond donors (Lipinski definition) is 1. The van der Waals surface area contributed by atoms with Crippen molar-refractivity contribution in [2.45, 2.75) is 30.5 Å². The minimum absolute atomic E-state index is 0.194. The van der Waals surface area contributed by atoms with Crippen molar-refractivity contribution in [2.24, 2.45) is 0 Å². The zero-order chi connectivity index (χ0) is 15.6. The van der Waals surface area contributed by atoms with Gasteiger partial charge in [-0.05, 0) is 31.9 Å². The lowest BCUT2D eigenvalue weighted by Crippen LogP contribution is -2.38. The molecule has 6 nitrogen and oxygen atoms in total. The van der Waals surface area contributed by atoms with Crippen LogP contribution in [-0.2, 0) is 14.8 Å². The minimum Gasteiger partial charge on any atom is -0.450 e. The highest BCUT2D eigenvalue weighted by Gasteiger charge is 2.31. The van der Waals surface area contributed by atoms with Crippen molar-refractivity contribution in [2.75, 3.05) is 19.7 Å². The lowest BCUT2D eigenvalue weighted by Gasteiger charge is -2.16. The molecule has 0 aliphatic carbocycles. The fourth-order valence-corrected chi connectivity index (χ4v) is 5.06. The molecule has 2 rings (SSSR count). The van der Waals surface area contributed by atoms with Crippen molar-refractivity contribution in [1.29, 1.82) is 0 Å². The smallest absolute Gasteiger partial charge is 0.409 e. The average molecular weight is 353 g/mol. The Morgan fingerprint density at radius 1 is 1.62 bits per heavy atom. The fourth-order valence-electron chi connectivity index (χ4n) is 2.08. The third-order valence-corrected chi connectivity index (χ3v) is 6.68. The Balaban J connectivity index is 2.00. The standard InChI is InChI=1S/C12H17ClN2O4S2/c1-3-19-12(16)15-5-4-9(7-15)14-21(17,18)10-6-8(2)11(13)20-10/h6,9,14H,3-5,7H2,1-2H3. The van der Waals surface area contributed by atoms with Gasteiger partial charge in [0.15, 0.2) is 0 Å². The number of aryl methyl sites for hydroxylation is 1. The Bertz CT molecular complexity index is 610. The number of ether oxygens (including phenoxy) is 1. The highest BCUT2D eigenvalue weighted by Crippen LogP contribution is 2.30. The summed E-state index contributed by atoms with van der Waals surface area (Å²) in [4.78, 5) is 13.1. The first kappa shape index (κ1) is 16.5. The second-order valence-corrected chi connectivity index (χ2v) is 8.37. The van der Waals surface area contributed by atoms with Crippen molar-refractivity contribution in [1.82, 2.24) is 9.62 Å². The van der Waals surface area contributed by atoms with Crippen LogP contribution in [0.1, 0.15) is 18.9 Å². The molecule has 0 aromatic carbocycles. The van der Waals surface area contributed by atoms with Crippen LogP contribution in [0, 0.1) is 6.92 Å². The van der Waals surface area contributed by atoms with E-state index in [9.17, 15) is 13.2 Å². The number of nitrogens with zero attached hydrogens (tertiary/aromatic N) is 1. The Morgan fingerprint density at radius 3 is 2.90 bits per heavy atom. The van der Waals surface area contributed by atoms with Gasteiger partial charge in [-0.1, -0.05) is 11.6 Å². The monoisotopic (exact) mass is 352 g/mol. The zero-order valence-corrected chi connectivity index (χ0v) is 14.1. The molecule has 9 heteroatoms. The Morgan fingerprint density at radius 2 is 2.33 bits per heavy atom. The summed E-state index contributed by atoms with van der Waals surface area (Å²) in [6.07, 6.45) is 0.157. The van der Waals surface area contributed by atoms with Crippen LogP contribution >= 0.6 is 22.9 Å². The molecule has 0 saturated carbocycles. The molecule has 1 atom stereocenters. The van der Waals surface area contributed by atoms with E-state index in [2.05, 4.69) is 4.72 Å². The molecule has 1 aromatic heterocycles. The molecule has 1 amide bonds. The summed E-state index contributed by atoms with van der Waals surface area (Å²) in [5.74, 6) is 0. The molecule has 1 aliphatic heterocycles. The Hall–Kier alpha value is -0.830. The Labute approximate surface area is 133 Å². The fraction of sp³-hybridized carbons (Fsp3) is 0.583. The van der Waals surface area contributed by atoms with Crippen LogP contribution in [0.15, 0.2) is 10.3 Å². The second kappa shape index (κ2) is 6.51. The van der Waals surface area contributed by atoms with Crippen LogP contribution in [-0.4, -0.2) is 45.1 Å². The van der Waals surface area contributed by atoms with Gasteiger partial charge in [-0.15, -0.1) is 11.3 Å². The van der Waals surface area contributed by atoms with E-state index < -0.39 is 16.1 Å². The quantitative estimate of drug-likeness (QED) is 0.901. The molecule has 0 spiro atoms. The molecule has 1 fully saturated rings. The SMILES string of the molecule is CCOC(=O)N1CCC(NS(=O)(=O)c2cc(C)c(Cl)s2)C1. The number of nitrogens with one attached hydrogen (secondary N) is 1. The lowest BCUT2D eigenvalue weighted by molar-refractivity contribution is 0.115. The summed E-state index contributed by atoms with van der Waals surface area (Å²) in [7, 11) is -3.60. The van der Waals surface area contributed by atoms with Crippen molar-refractivity contribution in [3.63, 3.8) is 0 Å². The first-order chi connectivity index (χ1) is 9.83. The zero-order valence-electron chi connectivity index (χ0n) is 11.8. The third-order valence-electron chi connectivity index (χ3n) is 3.14. The van der Waals surface area contributed by atoms with Crippen LogP contribution in [0.25, 0.3) is 0 Å². The molecule has 118 valence electrons. The van der Waals surface area contributed by atoms with E-state index in [0.717, 1.165) is 16.9 Å². The van der Waals surface area contributed by atoms with Crippen molar-refractivity contribution < 1.29 is 17.9 Å². The van der Waals surface area contributed by atoms with E-state index in [4.69, 9.17) is 16.3 Å². The maximum atomic E-state index is 12.3. The predicted molar refractivity (Wildman–Crippen MR) is 81.4 cm³/mol. The van der Waals surface area contributed by atoms with E-state index in [1.807, 2.05) is 0 Å². The first-order valence-corrected chi connectivity index (χ1v) is 9.21. The molecule has 0 radical (unpaired) electrons. The lowest BCUT2D eigenvalue weighted by atomic mass is 10.3. The van der Waals surface area contributed by atoms with Crippen molar-refractivity contribution in [3.8, 4) is 0 Å². The molecular weight excluding hydrogens is 336 g/mol. The number of carbonyl (C=O) groups excluding carboxylic acids is 1. The van der Waals surface area contributed by atoms with Gasteiger partial charge in [0.25, 0.3) is 0 Å². The van der Waals surface area contributed by atoms with Gasteiger partial charge in [-0.2, -0.15) is 0 Å². The van der Waals surface area contributed by atoms with E-state index in [1.54, 1.807) is 19.9 Å². The summed E-state index contributed by atoms with van der Waals surface area (Å²) in [6.45, 7) is 4.60. The maximum Gasteiger partial charge on any atom is 0.409 e. The third kappa shape index (κ3) is 3.88. The van der Waals surface area contributed by atoms with E-state index in [1.165, 1.54) is 4.90 Å². The second-order valence-electron chi connectivity index (χ2n) is 4.77. The summed E-state index contributed by atoms with van der Waals surface area (Å²) >= 11 is 6.94. The molecular formula is C12H17ClN2O4S2. The van der Waals surface area contributed by atoms with E-state index >= 15 is 0 Å². The van der Waals surface area contributed by atoms with Gasteiger partial charge in [0.05, 0.1) is 10.9 Å². The van der Waals surface area contributed by atoms with Gasteiger partial charge in [0.2, 0.25) is 10.0 Å². The molecule has 1 aromatic rings. The van der Waals surface area contributed by atoms with Gasteiger partial charge >= 0.3 is 6.09 Å². The number of hydrogen-bond acceptors (Lipinski definition) is 5. The van der Waals surface area contributed by atoms with Gasteiger partial charge in [-0.25, -0.2) is 17.9 Å². The van der Waals surface area contributed by atoms with Crippen LogP contribution in [0.3, 0.4) is 0 Å². The molecule has 1 aliphatic rings. The molecule has 1 N–H and O–H groups in total. The average Bonchev–Trinajstić information content (AvgIpc) is 2.98. The van der Waals surface area contributed by atoms with Crippen LogP contribution in [0.5, 0.6) is 0 Å². The number of rotatable bonds is 4. The number of carbonyl (C=O) groups is 1. The summed E-state index contributed by atoms with van der Waals surface area (Å²) in [5, 5.41) is 0. The molecule has 2 heterocycles. The number of amides is 1. The summed E-state index contributed by atoms with van der Waals surface area (Å²) in [6, 6.07) is 1.24. The molecule has 1 saturated heterocycles. The Kier molecular flexibility index (Phi) is 5.13. The van der Waals surface area contributed by atoms with Gasteiger partial charge < -0.3 is 9.64 Å². The largest absolute Gasteiger partial charge is 0.450 e. The molecule has 21 heavy (non-hydrogen) atoms.